The predicted molar refractivity (Wildman–Crippen MR) is 70.0 cm³/mol. The summed E-state index contributed by atoms with van der Waals surface area (Å²) in [5, 5.41) is 5.41. The van der Waals surface area contributed by atoms with Gasteiger partial charge < -0.3 is 15.1 Å². The molecule has 6 heteroatoms. The van der Waals surface area contributed by atoms with E-state index in [-0.39, 0.29) is 24.6 Å². The zero-order valence-electron chi connectivity index (χ0n) is 10.7. The minimum atomic E-state index is -0.680. The number of carbonyl (C=O) groups excluding carboxylic acids is 1. The van der Waals surface area contributed by atoms with Gasteiger partial charge in [0.25, 0.3) is 0 Å². The van der Waals surface area contributed by atoms with Crippen LogP contribution in [0.3, 0.4) is 0 Å². The monoisotopic (exact) mass is 280 g/mol. The summed E-state index contributed by atoms with van der Waals surface area (Å²) >= 11 is 0. The normalized spacial score (nSPS) is 10.3. The van der Waals surface area contributed by atoms with E-state index in [1.54, 1.807) is 12.1 Å². The lowest BCUT2D eigenvalue weighted by Gasteiger charge is -2.07. The van der Waals surface area contributed by atoms with Crippen molar-refractivity contribution in [3.63, 3.8) is 0 Å². The van der Waals surface area contributed by atoms with Gasteiger partial charge in [0.05, 0.1) is 18.5 Å². The standard InChI is InChI=1S/C14H14F2N2O2/c15-10-3-4-13(12(16)8-10)17-6-5-14(19)18-9-11-2-1-7-20-11/h1-4,7-8,17H,5-6,9H2,(H,18,19). The van der Waals surface area contributed by atoms with Crippen molar-refractivity contribution in [3.05, 3.63) is 54.0 Å². The zero-order valence-corrected chi connectivity index (χ0v) is 10.7. The molecule has 2 aromatic rings. The Labute approximate surface area is 114 Å². The number of rotatable bonds is 6. The highest BCUT2D eigenvalue weighted by Gasteiger charge is 2.05. The van der Waals surface area contributed by atoms with Crippen molar-refractivity contribution in [2.24, 2.45) is 0 Å². The Balaban J connectivity index is 1.71. The van der Waals surface area contributed by atoms with Gasteiger partial charge in [-0.15, -0.1) is 0 Å². The third kappa shape index (κ3) is 4.08. The molecular weight excluding hydrogens is 266 g/mol. The molecule has 2 rings (SSSR count). The SMILES string of the molecule is O=C(CCNc1ccc(F)cc1F)NCc1ccco1. The van der Waals surface area contributed by atoms with Gasteiger partial charge in [-0.05, 0) is 24.3 Å². The fraction of sp³-hybridized carbons (Fsp3) is 0.214. The smallest absolute Gasteiger partial charge is 0.222 e. The molecule has 0 radical (unpaired) electrons. The predicted octanol–water partition coefficient (Wildman–Crippen LogP) is 2.68. The van der Waals surface area contributed by atoms with Crippen molar-refractivity contribution in [1.82, 2.24) is 5.32 Å². The fourth-order valence-corrected chi connectivity index (χ4v) is 1.63. The minimum Gasteiger partial charge on any atom is -0.467 e. The molecule has 1 heterocycles. The molecule has 0 spiro atoms. The van der Waals surface area contributed by atoms with E-state index in [1.165, 1.54) is 12.3 Å². The molecule has 0 unspecified atom stereocenters. The van der Waals surface area contributed by atoms with Gasteiger partial charge in [-0.3, -0.25) is 4.79 Å². The largest absolute Gasteiger partial charge is 0.467 e. The molecule has 20 heavy (non-hydrogen) atoms. The quantitative estimate of drug-likeness (QED) is 0.855. The second-order valence-corrected chi connectivity index (χ2v) is 4.16. The number of furan rings is 1. The van der Waals surface area contributed by atoms with Crippen LogP contribution >= 0.6 is 0 Å². The van der Waals surface area contributed by atoms with Gasteiger partial charge in [0.2, 0.25) is 5.91 Å². The highest BCUT2D eigenvalue weighted by atomic mass is 19.1. The second kappa shape index (κ2) is 6.70. The van der Waals surface area contributed by atoms with Gasteiger partial charge in [-0.1, -0.05) is 0 Å². The number of anilines is 1. The van der Waals surface area contributed by atoms with Crippen molar-refractivity contribution in [2.45, 2.75) is 13.0 Å². The van der Waals surface area contributed by atoms with Gasteiger partial charge in [0, 0.05) is 19.0 Å². The van der Waals surface area contributed by atoms with Crippen LogP contribution in [0.4, 0.5) is 14.5 Å². The van der Waals surface area contributed by atoms with Crippen LogP contribution in [0.2, 0.25) is 0 Å². The van der Waals surface area contributed by atoms with E-state index in [1.807, 2.05) is 0 Å². The van der Waals surface area contributed by atoms with E-state index < -0.39 is 11.6 Å². The number of hydrogen-bond acceptors (Lipinski definition) is 3. The number of hydrogen-bond donors (Lipinski definition) is 2. The fourth-order valence-electron chi connectivity index (χ4n) is 1.63. The van der Waals surface area contributed by atoms with Gasteiger partial charge >= 0.3 is 0 Å². The molecule has 1 aromatic heterocycles. The first-order valence-corrected chi connectivity index (χ1v) is 6.13. The lowest BCUT2D eigenvalue weighted by Crippen LogP contribution is -2.24. The van der Waals surface area contributed by atoms with Crippen LogP contribution in [0.15, 0.2) is 41.0 Å². The maximum atomic E-state index is 13.3. The number of carbonyl (C=O) groups is 1. The second-order valence-electron chi connectivity index (χ2n) is 4.16. The Kier molecular flexibility index (Phi) is 4.70. The third-order valence-electron chi connectivity index (χ3n) is 2.64. The van der Waals surface area contributed by atoms with Crippen molar-refractivity contribution < 1.29 is 18.0 Å². The molecule has 0 atom stereocenters. The molecule has 106 valence electrons. The van der Waals surface area contributed by atoms with Crippen LogP contribution in [0.1, 0.15) is 12.2 Å². The van der Waals surface area contributed by atoms with Crippen LogP contribution in [-0.4, -0.2) is 12.5 Å². The van der Waals surface area contributed by atoms with Crippen LogP contribution in [0.25, 0.3) is 0 Å². The first kappa shape index (κ1) is 14.0. The van der Waals surface area contributed by atoms with E-state index in [9.17, 15) is 13.6 Å². The molecule has 0 fully saturated rings. The highest BCUT2D eigenvalue weighted by molar-refractivity contribution is 5.76. The van der Waals surface area contributed by atoms with E-state index in [4.69, 9.17) is 4.42 Å². The Morgan fingerprint density at radius 3 is 2.80 bits per heavy atom. The molecule has 0 aliphatic rings. The molecule has 4 nitrogen and oxygen atoms in total. The highest BCUT2D eigenvalue weighted by Crippen LogP contribution is 2.14. The Morgan fingerprint density at radius 1 is 1.25 bits per heavy atom. The lowest BCUT2D eigenvalue weighted by molar-refractivity contribution is -0.121. The van der Waals surface area contributed by atoms with Gasteiger partial charge in [0.15, 0.2) is 0 Å². The van der Waals surface area contributed by atoms with Crippen LogP contribution in [0.5, 0.6) is 0 Å². The maximum Gasteiger partial charge on any atom is 0.222 e. The summed E-state index contributed by atoms with van der Waals surface area (Å²) in [5.74, 6) is -0.836. The molecular formula is C14H14F2N2O2. The first-order valence-electron chi connectivity index (χ1n) is 6.13. The summed E-state index contributed by atoms with van der Waals surface area (Å²) < 4.78 is 31.1. The molecule has 2 N–H and O–H groups in total. The summed E-state index contributed by atoms with van der Waals surface area (Å²) in [7, 11) is 0. The van der Waals surface area contributed by atoms with E-state index in [0.717, 1.165) is 12.1 Å². The van der Waals surface area contributed by atoms with Crippen molar-refractivity contribution in [3.8, 4) is 0 Å². The average molecular weight is 280 g/mol. The summed E-state index contributed by atoms with van der Waals surface area (Å²) in [6.07, 6.45) is 1.71. The molecule has 0 aliphatic carbocycles. The first-order chi connectivity index (χ1) is 9.65. The Morgan fingerprint density at radius 2 is 2.10 bits per heavy atom. The molecule has 1 aromatic carbocycles. The summed E-state index contributed by atoms with van der Waals surface area (Å²) in [6, 6.07) is 6.74. The van der Waals surface area contributed by atoms with E-state index >= 15 is 0 Å². The van der Waals surface area contributed by atoms with Gasteiger partial charge in [-0.25, -0.2) is 8.78 Å². The maximum absolute atomic E-state index is 13.3. The van der Waals surface area contributed by atoms with Crippen molar-refractivity contribution in [1.29, 1.82) is 0 Å². The van der Waals surface area contributed by atoms with Crippen molar-refractivity contribution >= 4 is 11.6 Å². The molecule has 1 amide bonds. The zero-order chi connectivity index (χ0) is 14.4. The lowest BCUT2D eigenvalue weighted by atomic mass is 10.3. The topological polar surface area (TPSA) is 54.3 Å². The molecule has 0 bridgehead atoms. The average Bonchev–Trinajstić information content (AvgIpc) is 2.92. The summed E-state index contributed by atoms with van der Waals surface area (Å²) in [5.41, 5.74) is 0.172. The number of benzene rings is 1. The Bertz CT molecular complexity index is 571. The summed E-state index contributed by atoms with van der Waals surface area (Å²) in [4.78, 5) is 11.5. The van der Waals surface area contributed by atoms with Crippen LogP contribution < -0.4 is 10.6 Å². The third-order valence-corrected chi connectivity index (χ3v) is 2.64. The molecule has 0 saturated heterocycles. The van der Waals surface area contributed by atoms with Gasteiger partial charge in [0.1, 0.15) is 17.4 Å². The van der Waals surface area contributed by atoms with E-state index in [0.29, 0.717) is 12.3 Å². The Hall–Kier alpha value is -2.37. The van der Waals surface area contributed by atoms with Gasteiger partial charge in [-0.2, -0.15) is 0 Å². The van der Waals surface area contributed by atoms with Crippen LogP contribution in [-0.2, 0) is 11.3 Å². The molecule has 0 aliphatic heterocycles. The summed E-state index contributed by atoms with van der Waals surface area (Å²) in [6.45, 7) is 0.573. The number of nitrogens with one attached hydrogen (secondary N) is 2. The minimum absolute atomic E-state index is 0.172. The van der Waals surface area contributed by atoms with Crippen molar-refractivity contribution in [2.75, 3.05) is 11.9 Å². The number of halogens is 2. The number of amides is 1. The van der Waals surface area contributed by atoms with E-state index in [2.05, 4.69) is 10.6 Å². The van der Waals surface area contributed by atoms with Crippen LogP contribution in [0, 0.1) is 11.6 Å². The molecule has 0 saturated carbocycles.